The van der Waals surface area contributed by atoms with E-state index in [9.17, 15) is 0 Å². The molecular formula is C20H34. The fourth-order valence-corrected chi connectivity index (χ4v) is 5.35. The van der Waals surface area contributed by atoms with Gasteiger partial charge in [0.05, 0.1) is 0 Å². The summed E-state index contributed by atoms with van der Waals surface area (Å²) in [6.07, 6.45) is 20.2. The van der Waals surface area contributed by atoms with Gasteiger partial charge in [-0.1, -0.05) is 58.1 Å². The molecule has 0 bridgehead atoms. The zero-order chi connectivity index (χ0) is 13.9. The molecule has 0 spiro atoms. The standard InChI is InChI=1S/C20H34/c1-3-15(2)17-9-6-10-19(13-17)20-12-11-16-7-4-5-8-18(16)14-20/h11-12,15-20H,3-10,13-14H2,1-2H3. The molecule has 0 aromatic carbocycles. The van der Waals surface area contributed by atoms with Crippen LogP contribution in [0, 0.1) is 35.5 Å². The van der Waals surface area contributed by atoms with Gasteiger partial charge in [0, 0.05) is 0 Å². The van der Waals surface area contributed by atoms with Gasteiger partial charge < -0.3 is 0 Å². The SMILES string of the molecule is CCC(C)C1CCCC(C2C=CC3CCCCC3C2)C1. The molecule has 6 unspecified atom stereocenters. The van der Waals surface area contributed by atoms with Crippen LogP contribution in [0.25, 0.3) is 0 Å². The minimum Gasteiger partial charge on any atom is -0.0849 e. The van der Waals surface area contributed by atoms with Crippen molar-refractivity contribution < 1.29 is 0 Å². The highest BCUT2D eigenvalue weighted by Crippen LogP contribution is 2.46. The van der Waals surface area contributed by atoms with Crippen LogP contribution >= 0.6 is 0 Å². The lowest BCUT2D eigenvalue weighted by molar-refractivity contribution is 0.135. The van der Waals surface area contributed by atoms with Crippen molar-refractivity contribution in [2.45, 2.75) is 78.1 Å². The average Bonchev–Trinajstić information content (AvgIpc) is 2.53. The first-order chi connectivity index (χ1) is 9.78. The molecule has 0 radical (unpaired) electrons. The van der Waals surface area contributed by atoms with Crippen LogP contribution in [0.2, 0.25) is 0 Å². The van der Waals surface area contributed by atoms with Crippen LogP contribution in [0.1, 0.15) is 78.1 Å². The van der Waals surface area contributed by atoms with E-state index in [2.05, 4.69) is 26.0 Å². The maximum absolute atomic E-state index is 2.65. The van der Waals surface area contributed by atoms with Crippen molar-refractivity contribution in [3.63, 3.8) is 0 Å². The Morgan fingerprint density at radius 2 is 1.55 bits per heavy atom. The fourth-order valence-electron chi connectivity index (χ4n) is 5.35. The van der Waals surface area contributed by atoms with Crippen molar-refractivity contribution in [2.75, 3.05) is 0 Å². The van der Waals surface area contributed by atoms with E-state index in [1.165, 1.54) is 64.2 Å². The van der Waals surface area contributed by atoms with Crippen LogP contribution in [-0.4, -0.2) is 0 Å². The van der Waals surface area contributed by atoms with Gasteiger partial charge in [-0.05, 0) is 67.6 Å². The Kier molecular flexibility index (Phi) is 4.89. The summed E-state index contributed by atoms with van der Waals surface area (Å²) in [5.41, 5.74) is 0. The summed E-state index contributed by atoms with van der Waals surface area (Å²) in [4.78, 5) is 0. The molecule has 114 valence electrons. The van der Waals surface area contributed by atoms with E-state index >= 15 is 0 Å². The van der Waals surface area contributed by atoms with Gasteiger partial charge in [-0.15, -0.1) is 0 Å². The molecule has 0 N–H and O–H groups in total. The number of allylic oxidation sites excluding steroid dienone is 2. The third kappa shape index (κ3) is 3.15. The van der Waals surface area contributed by atoms with Crippen LogP contribution in [0.15, 0.2) is 12.2 Å². The molecule has 3 aliphatic carbocycles. The van der Waals surface area contributed by atoms with Gasteiger partial charge in [-0.3, -0.25) is 0 Å². The van der Waals surface area contributed by atoms with Crippen molar-refractivity contribution in [3.05, 3.63) is 12.2 Å². The average molecular weight is 274 g/mol. The van der Waals surface area contributed by atoms with Crippen molar-refractivity contribution in [1.82, 2.24) is 0 Å². The van der Waals surface area contributed by atoms with Gasteiger partial charge in [0.25, 0.3) is 0 Å². The summed E-state index contributed by atoms with van der Waals surface area (Å²) in [6.45, 7) is 4.86. The van der Waals surface area contributed by atoms with Gasteiger partial charge in [-0.2, -0.15) is 0 Å². The molecular weight excluding hydrogens is 240 g/mol. The van der Waals surface area contributed by atoms with Crippen molar-refractivity contribution in [1.29, 1.82) is 0 Å². The highest BCUT2D eigenvalue weighted by molar-refractivity contribution is 5.04. The molecule has 2 fully saturated rings. The highest BCUT2D eigenvalue weighted by Gasteiger charge is 2.34. The summed E-state index contributed by atoms with van der Waals surface area (Å²) < 4.78 is 0. The molecule has 0 heteroatoms. The van der Waals surface area contributed by atoms with E-state index in [1.807, 2.05) is 0 Å². The second kappa shape index (κ2) is 6.67. The lowest BCUT2D eigenvalue weighted by atomic mass is 9.64. The van der Waals surface area contributed by atoms with Crippen LogP contribution in [0.5, 0.6) is 0 Å². The topological polar surface area (TPSA) is 0 Å². The molecule has 6 atom stereocenters. The first-order valence-corrected chi connectivity index (χ1v) is 9.46. The van der Waals surface area contributed by atoms with Crippen LogP contribution in [0.4, 0.5) is 0 Å². The Hall–Kier alpha value is -0.260. The summed E-state index contributed by atoms with van der Waals surface area (Å²) in [6, 6.07) is 0. The molecule has 3 aliphatic rings. The van der Waals surface area contributed by atoms with E-state index < -0.39 is 0 Å². The first kappa shape index (κ1) is 14.7. The van der Waals surface area contributed by atoms with Gasteiger partial charge >= 0.3 is 0 Å². The molecule has 0 saturated heterocycles. The van der Waals surface area contributed by atoms with Crippen molar-refractivity contribution >= 4 is 0 Å². The van der Waals surface area contributed by atoms with Crippen molar-refractivity contribution in [2.24, 2.45) is 35.5 Å². The first-order valence-electron chi connectivity index (χ1n) is 9.46. The zero-order valence-electron chi connectivity index (χ0n) is 13.7. The Morgan fingerprint density at radius 3 is 2.40 bits per heavy atom. The smallest absolute Gasteiger partial charge is 0.0202 e. The summed E-state index contributed by atoms with van der Waals surface area (Å²) in [5, 5.41) is 0. The Bertz CT molecular complexity index is 329. The molecule has 0 aromatic heterocycles. The third-order valence-electron chi connectivity index (χ3n) is 6.96. The third-order valence-corrected chi connectivity index (χ3v) is 6.96. The van der Waals surface area contributed by atoms with E-state index in [0.717, 1.165) is 35.5 Å². The predicted molar refractivity (Wildman–Crippen MR) is 87.6 cm³/mol. The second-order valence-electron chi connectivity index (χ2n) is 8.07. The summed E-state index contributed by atoms with van der Waals surface area (Å²) in [5.74, 6) is 5.92. The van der Waals surface area contributed by atoms with Crippen LogP contribution in [0.3, 0.4) is 0 Å². The maximum atomic E-state index is 2.65. The van der Waals surface area contributed by atoms with E-state index in [1.54, 1.807) is 0 Å². The molecule has 0 nitrogen and oxygen atoms in total. The predicted octanol–water partition coefficient (Wildman–Crippen LogP) is 6.22. The van der Waals surface area contributed by atoms with E-state index in [0.29, 0.717) is 0 Å². The lowest BCUT2D eigenvalue weighted by Crippen LogP contribution is -2.31. The van der Waals surface area contributed by atoms with Crippen LogP contribution < -0.4 is 0 Å². The zero-order valence-corrected chi connectivity index (χ0v) is 13.7. The summed E-state index contributed by atoms with van der Waals surface area (Å²) in [7, 11) is 0. The van der Waals surface area contributed by atoms with Gasteiger partial charge in [-0.25, -0.2) is 0 Å². The number of fused-ring (bicyclic) bond motifs is 1. The molecule has 2 saturated carbocycles. The molecule has 20 heavy (non-hydrogen) atoms. The van der Waals surface area contributed by atoms with E-state index in [4.69, 9.17) is 0 Å². The maximum Gasteiger partial charge on any atom is -0.0202 e. The Labute approximate surface area is 126 Å². The molecule has 0 heterocycles. The normalized spacial score (nSPS) is 43.0. The second-order valence-corrected chi connectivity index (χ2v) is 8.07. The highest BCUT2D eigenvalue weighted by atomic mass is 14.4. The minimum absolute atomic E-state index is 0.932. The van der Waals surface area contributed by atoms with Gasteiger partial charge in [0.1, 0.15) is 0 Å². The van der Waals surface area contributed by atoms with Gasteiger partial charge in [0.15, 0.2) is 0 Å². The van der Waals surface area contributed by atoms with Gasteiger partial charge in [0.2, 0.25) is 0 Å². The molecule has 3 rings (SSSR count). The molecule has 0 amide bonds. The molecule has 0 aliphatic heterocycles. The molecule has 0 aromatic rings. The largest absolute Gasteiger partial charge is 0.0849 e. The van der Waals surface area contributed by atoms with E-state index in [-0.39, 0.29) is 0 Å². The minimum atomic E-state index is 0.932. The fraction of sp³-hybridized carbons (Fsp3) is 0.900. The quantitative estimate of drug-likeness (QED) is 0.536. The lowest BCUT2D eigenvalue weighted by Gasteiger charge is -2.41. The monoisotopic (exact) mass is 274 g/mol. The Balaban J connectivity index is 1.61. The summed E-state index contributed by atoms with van der Waals surface area (Å²) >= 11 is 0. The van der Waals surface area contributed by atoms with Crippen LogP contribution in [-0.2, 0) is 0 Å². The number of hydrogen-bond donors (Lipinski definition) is 0. The number of rotatable bonds is 3. The Morgan fingerprint density at radius 1 is 0.850 bits per heavy atom. The number of hydrogen-bond acceptors (Lipinski definition) is 0. The van der Waals surface area contributed by atoms with Crippen molar-refractivity contribution in [3.8, 4) is 0 Å².